The molecule has 0 aromatic rings. The number of carbonyl (C=O) groups is 1. The number of carbonyl (C=O) groups excluding carboxylic acids is 1. The quantitative estimate of drug-likeness (QED) is 0.746. The van der Waals surface area contributed by atoms with Crippen molar-refractivity contribution in [3.63, 3.8) is 0 Å². The van der Waals surface area contributed by atoms with Crippen molar-refractivity contribution < 1.29 is 4.79 Å². The van der Waals surface area contributed by atoms with Gasteiger partial charge in [0.25, 0.3) is 0 Å². The van der Waals surface area contributed by atoms with Crippen molar-refractivity contribution in [3.8, 4) is 0 Å². The maximum Gasteiger partial charge on any atom is 0.236 e. The van der Waals surface area contributed by atoms with Crippen LogP contribution in [0.2, 0.25) is 0 Å². The van der Waals surface area contributed by atoms with Crippen molar-refractivity contribution in [1.29, 1.82) is 0 Å². The Bertz CT molecular complexity index is 280. The number of nitrogens with one attached hydrogen (secondary N) is 1. The predicted octanol–water partition coefficient (Wildman–Crippen LogP) is 0.714. The number of amides is 1. The Labute approximate surface area is 104 Å². The van der Waals surface area contributed by atoms with Gasteiger partial charge in [0.2, 0.25) is 5.91 Å². The van der Waals surface area contributed by atoms with Gasteiger partial charge >= 0.3 is 0 Å². The van der Waals surface area contributed by atoms with Gasteiger partial charge in [-0.15, -0.1) is 0 Å². The first-order valence-electron chi connectivity index (χ1n) is 6.75. The first-order valence-corrected chi connectivity index (χ1v) is 6.75. The number of nitrogens with two attached hydrogens (primary N) is 1. The highest BCUT2D eigenvalue weighted by Crippen LogP contribution is 2.37. The maximum atomic E-state index is 11.5. The van der Waals surface area contributed by atoms with Crippen LogP contribution in [0.1, 0.15) is 39.5 Å². The number of piperazine rings is 1. The minimum Gasteiger partial charge on any atom is -0.368 e. The Hall–Kier alpha value is -0.610. The van der Waals surface area contributed by atoms with E-state index in [1.807, 2.05) is 0 Å². The molecule has 17 heavy (non-hydrogen) atoms. The highest BCUT2D eigenvalue weighted by atomic mass is 16.1. The average Bonchev–Trinajstić information content (AvgIpc) is 2.29. The molecule has 0 aromatic heterocycles. The Morgan fingerprint density at radius 2 is 2.00 bits per heavy atom. The summed E-state index contributed by atoms with van der Waals surface area (Å²) >= 11 is 0. The van der Waals surface area contributed by atoms with Gasteiger partial charge < -0.3 is 11.1 Å². The van der Waals surface area contributed by atoms with Crippen LogP contribution < -0.4 is 11.1 Å². The van der Waals surface area contributed by atoms with Crippen molar-refractivity contribution in [2.45, 2.75) is 51.6 Å². The van der Waals surface area contributed by atoms with E-state index in [1.165, 1.54) is 25.7 Å². The van der Waals surface area contributed by atoms with Gasteiger partial charge in [-0.3, -0.25) is 9.69 Å². The summed E-state index contributed by atoms with van der Waals surface area (Å²) in [4.78, 5) is 13.8. The molecule has 4 heteroatoms. The van der Waals surface area contributed by atoms with Gasteiger partial charge in [0.15, 0.2) is 0 Å². The zero-order valence-corrected chi connectivity index (χ0v) is 11.0. The molecule has 2 aliphatic rings. The highest BCUT2D eigenvalue weighted by molar-refractivity contribution is 5.80. The highest BCUT2D eigenvalue weighted by Gasteiger charge is 2.36. The van der Waals surface area contributed by atoms with E-state index < -0.39 is 0 Å². The summed E-state index contributed by atoms with van der Waals surface area (Å²) in [6.07, 6.45) is 4.92. The van der Waals surface area contributed by atoms with Crippen LogP contribution in [0.25, 0.3) is 0 Å². The zero-order chi connectivity index (χ0) is 12.5. The summed E-state index contributed by atoms with van der Waals surface area (Å²) in [5.41, 5.74) is 5.98. The lowest BCUT2D eigenvalue weighted by Crippen LogP contribution is -2.60. The number of hydrogen-bond acceptors (Lipinski definition) is 3. The molecule has 1 aliphatic carbocycles. The van der Waals surface area contributed by atoms with Gasteiger partial charge in [-0.05, 0) is 31.1 Å². The van der Waals surface area contributed by atoms with Crippen molar-refractivity contribution in [2.24, 2.45) is 11.1 Å². The number of nitrogens with zero attached hydrogens (tertiary/aromatic N) is 1. The number of rotatable bonds is 2. The van der Waals surface area contributed by atoms with Crippen LogP contribution in [0, 0.1) is 5.41 Å². The summed E-state index contributed by atoms with van der Waals surface area (Å²) in [6, 6.07) is 0.456. The molecule has 1 saturated heterocycles. The lowest BCUT2D eigenvalue weighted by atomic mass is 9.75. The second kappa shape index (κ2) is 4.94. The monoisotopic (exact) mass is 239 g/mol. The molecule has 2 rings (SSSR count). The van der Waals surface area contributed by atoms with Gasteiger partial charge in [0.05, 0.1) is 0 Å². The lowest BCUT2D eigenvalue weighted by molar-refractivity contribution is -0.125. The minimum atomic E-state index is -0.179. The molecule has 3 N–H and O–H groups in total. The molecule has 1 atom stereocenters. The number of hydrogen-bond donors (Lipinski definition) is 2. The maximum absolute atomic E-state index is 11.5. The molecule has 2 fully saturated rings. The smallest absolute Gasteiger partial charge is 0.236 e. The van der Waals surface area contributed by atoms with Gasteiger partial charge in [-0.1, -0.05) is 13.8 Å². The second-order valence-corrected chi connectivity index (χ2v) is 6.26. The van der Waals surface area contributed by atoms with E-state index in [-0.39, 0.29) is 11.9 Å². The molecule has 0 aromatic carbocycles. The lowest BCUT2D eigenvalue weighted by Gasteiger charge is -2.44. The van der Waals surface area contributed by atoms with Gasteiger partial charge in [0, 0.05) is 25.7 Å². The minimum absolute atomic E-state index is 0.102. The SMILES string of the molecule is CC1(C)CCC(N2CCNCC2C(N)=O)CC1. The van der Waals surface area contributed by atoms with E-state index in [4.69, 9.17) is 5.73 Å². The van der Waals surface area contributed by atoms with E-state index in [0.717, 1.165) is 19.6 Å². The zero-order valence-electron chi connectivity index (χ0n) is 11.0. The van der Waals surface area contributed by atoms with Crippen molar-refractivity contribution in [2.75, 3.05) is 19.6 Å². The van der Waals surface area contributed by atoms with Crippen LogP contribution in [-0.4, -0.2) is 42.5 Å². The Morgan fingerprint density at radius 3 is 2.59 bits per heavy atom. The molecule has 1 amide bonds. The second-order valence-electron chi connectivity index (χ2n) is 6.26. The molecule has 0 bridgehead atoms. The third-order valence-corrected chi connectivity index (χ3v) is 4.39. The van der Waals surface area contributed by atoms with Crippen molar-refractivity contribution in [3.05, 3.63) is 0 Å². The largest absolute Gasteiger partial charge is 0.368 e. The van der Waals surface area contributed by atoms with E-state index in [1.54, 1.807) is 0 Å². The van der Waals surface area contributed by atoms with Crippen LogP contribution in [0.5, 0.6) is 0 Å². The third-order valence-electron chi connectivity index (χ3n) is 4.39. The van der Waals surface area contributed by atoms with Crippen LogP contribution in [-0.2, 0) is 4.79 Å². The van der Waals surface area contributed by atoms with Gasteiger partial charge in [-0.2, -0.15) is 0 Å². The van der Waals surface area contributed by atoms with Crippen molar-refractivity contribution >= 4 is 5.91 Å². The fourth-order valence-electron chi connectivity index (χ4n) is 3.14. The van der Waals surface area contributed by atoms with Crippen LogP contribution in [0.15, 0.2) is 0 Å². The molecular weight excluding hydrogens is 214 g/mol. The molecular formula is C13H25N3O. The van der Waals surface area contributed by atoms with Crippen LogP contribution >= 0.6 is 0 Å². The van der Waals surface area contributed by atoms with E-state index in [2.05, 4.69) is 24.1 Å². The Morgan fingerprint density at radius 1 is 1.35 bits per heavy atom. The molecule has 1 saturated carbocycles. The molecule has 1 unspecified atom stereocenters. The van der Waals surface area contributed by atoms with E-state index >= 15 is 0 Å². The summed E-state index contributed by atoms with van der Waals surface area (Å²) in [5, 5.41) is 3.26. The fraction of sp³-hybridized carbons (Fsp3) is 0.923. The first-order chi connectivity index (χ1) is 7.99. The summed E-state index contributed by atoms with van der Waals surface area (Å²) < 4.78 is 0. The Kier molecular flexibility index (Phi) is 3.73. The third kappa shape index (κ3) is 2.99. The first kappa shape index (κ1) is 12.8. The molecule has 1 heterocycles. The Balaban J connectivity index is 1.98. The van der Waals surface area contributed by atoms with E-state index in [9.17, 15) is 4.79 Å². The molecule has 0 radical (unpaired) electrons. The summed E-state index contributed by atoms with van der Waals surface area (Å²) in [5.74, 6) is -0.179. The fourth-order valence-corrected chi connectivity index (χ4v) is 3.14. The predicted molar refractivity (Wildman–Crippen MR) is 68.6 cm³/mol. The number of primary amides is 1. The van der Waals surface area contributed by atoms with Crippen LogP contribution in [0.3, 0.4) is 0 Å². The average molecular weight is 239 g/mol. The summed E-state index contributed by atoms with van der Waals surface area (Å²) in [6.45, 7) is 7.33. The van der Waals surface area contributed by atoms with Crippen molar-refractivity contribution in [1.82, 2.24) is 10.2 Å². The van der Waals surface area contributed by atoms with Gasteiger partial charge in [-0.25, -0.2) is 0 Å². The van der Waals surface area contributed by atoms with E-state index in [0.29, 0.717) is 11.5 Å². The van der Waals surface area contributed by atoms with Gasteiger partial charge in [0.1, 0.15) is 6.04 Å². The standard InChI is InChI=1S/C13H25N3O/c1-13(2)5-3-10(4-6-13)16-8-7-15-9-11(16)12(14)17/h10-11,15H,3-9H2,1-2H3,(H2,14,17). The molecule has 0 spiro atoms. The molecule has 98 valence electrons. The molecule has 4 nitrogen and oxygen atoms in total. The summed E-state index contributed by atoms with van der Waals surface area (Å²) in [7, 11) is 0. The molecule has 1 aliphatic heterocycles. The normalized spacial score (nSPS) is 31.3. The topological polar surface area (TPSA) is 58.4 Å². The van der Waals surface area contributed by atoms with Crippen LogP contribution in [0.4, 0.5) is 0 Å².